The third-order valence-corrected chi connectivity index (χ3v) is 2.39. The molecule has 0 spiro atoms. The van der Waals surface area contributed by atoms with Gasteiger partial charge in [0, 0.05) is 18.8 Å². The van der Waals surface area contributed by atoms with Crippen LogP contribution in [0.5, 0.6) is 0 Å². The Morgan fingerprint density at radius 2 is 2.07 bits per heavy atom. The van der Waals surface area contributed by atoms with E-state index in [1.807, 2.05) is 31.3 Å². The molecule has 1 aromatic rings. The third-order valence-electron chi connectivity index (χ3n) is 2.39. The standard InChI is InChI=1S/C12H20N2O/c1-10(15)9-14(2)8-7-11-5-3-4-6-12(11)13/h3-6,10,15H,7-9,13H2,1-2H3. The summed E-state index contributed by atoms with van der Waals surface area (Å²) in [6.07, 6.45) is 0.652. The summed E-state index contributed by atoms with van der Waals surface area (Å²) >= 11 is 0. The Balaban J connectivity index is 2.40. The average Bonchev–Trinajstić information content (AvgIpc) is 2.15. The van der Waals surface area contributed by atoms with E-state index in [0.29, 0.717) is 6.54 Å². The summed E-state index contributed by atoms with van der Waals surface area (Å²) in [6, 6.07) is 7.91. The Bertz CT molecular complexity index is 299. The zero-order valence-electron chi connectivity index (χ0n) is 9.48. The molecule has 0 radical (unpaired) electrons. The first-order chi connectivity index (χ1) is 7.09. The zero-order chi connectivity index (χ0) is 11.3. The topological polar surface area (TPSA) is 49.5 Å². The van der Waals surface area contributed by atoms with Crippen LogP contribution in [0.25, 0.3) is 0 Å². The van der Waals surface area contributed by atoms with Crippen molar-refractivity contribution in [3.05, 3.63) is 29.8 Å². The minimum absolute atomic E-state index is 0.275. The monoisotopic (exact) mass is 208 g/mol. The van der Waals surface area contributed by atoms with Gasteiger partial charge < -0.3 is 15.7 Å². The molecule has 1 rings (SSSR count). The second-order valence-electron chi connectivity index (χ2n) is 4.06. The van der Waals surface area contributed by atoms with Gasteiger partial charge in [-0.15, -0.1) is 0 Å². The molecule has 15 heavy (non-hydrogen) atoms. The van der Waals surface area contributed by atoms with E-state index in [2.05, 4.69) is 4.90 Å². The van der Waals surface area contributed by atoms with Crippen molar-refractivity contribution in [3.8, 4) is 0 Å². The predicted octanol–water partition coefficient (Wildman–Crippen LogP) is 1.12. The maximum absolute atomic E-state index is 9.21. The fourth-order valence-corrected chi connectivity index (χ4v) is 1.62. The molecule has 0 saturated heterocycles. The Kier molecular flexibility index (Phi) is 4.59. The summed E-state index contributed by atoms with van der Waals surface area (Å²) in [5.74, 6) is 0. The fourth-order valence-electron chi connectivity index (χ4n) is 1.62. The second-order valence-corrected chi connectivity index (χ2v) is 4.06. The van der Waals surface area contributed by atoms with Gasteiger partial charge >= 0.3 is 0 Å². The molecule has 0 fully saturated rings. The molecule has 3 nitrogen and oxygen atoms in total. The minimum Gasteiger partial charge on any atom is -0.399 e. The molecule has 0 aromatic heterocycles. The number of nitrogens with two attached hydrogens (primary N) is 1. The van der Waals surface area contributed by atoms with E-state index < -0.39 is 0 Å². The van der Waals surface area contributed by atoms with Crippen LogP contribution >= 0.6 is 0 Å². The molecule has 1 atom stereocenters. The quantitative estimate of drug-likeness (QED) is 0.713. The minimum atomic E-state index is -0.275. The SMILES string of the molecule is CC(O)CN(C)CCc1ccccc1N. The van der Waals surface area contributed by atoms with Crippen LogP contribution in [-0.2, 0) is 6.42 Å². The molecule has 0 saturated carbocycles. The number of nitrogens with zero attached hydrogens (tertiary/aromatic N) is 1. The van der Waals surface area contributed by atoms with Crippen molar-refractivity contribution in [2.75, 3.05) is 25.9 Å². The van der Waals surface area contributed by atoms with Crippen molar-refractivity contribution >= 4 is 5.69 Å². The molecule has 3 heteroatoms. The molecule has 3 N–H and O–H groups in total. The van der Waals surface area contributed by atoms with Gasteiger partial charge in [0.1, 0.15) is 0 Å². The molecule has 1 aromatic carbocycles. The molecular weight excluding hydrogens is 188 g/mol. The van der Waals surface area contributed by atoms with E-state index in [1.165, 1.54) is 5.56 Å². The molecule has 0 amide bonds. The summed E-state index contributed by atoms with van der Waals surface area (Å²) in [5, 5.41) is 9.21. The smallest absolute Gasteiger partial charge is 0.0638 e. The number of hydrogen-bond donors (Lipinski definition) is 2. The lowest BCUT2D eigenvalue weighted by atomic mass is 10.1. The van der Waals surface area contributed by atoms with Gasteiger partial charge in [0.05, 0.1) is 6.10 Å². The lowest BCUT2D eigenvalue weighted by Crippen LogP contribution is -2.29. The highest BCUT2D eigenvalue weighted by molar-refractivity contribution is 5.46. The number of hydrogen-bond acceptors (Lipinski definition) is 3. The van der Waals surface area contributed by atoms with Crippen molar-refractivity contribution < 1.29 is 5.11 Å². The van der Waals surface area contributed by atoms with E-state index in [-0.39, 0.29) is 6.10 Å². The molecule has 84 valence electrons. The van der Waals surface area contributed by atoms with Crippen molar-refractivity contribution in [1.82, 2.24) is 4.90 Å². The van der Waals surface area contributed by atoms with Gasteiger partial charge in [-0.2, -0.15) is 0 Å². The molecule has 0 aliphatic rings. The number of rotatable bonds is 5. The number of anilines is 1. The number of nitrogen functional groups attached to an aromatic ring is 1. The van der Waals surface area contributed by atoms with E-state index in [1.54, 1.807) is 6.92 Å². The van der Waals surface area contributed by atoms with Crippen LogP contribution in [0.2, 0.25) is 0 Å². The van der Waals surface area contributed by atoms with Gasteiger partial charge in [0.25, 0.3) is 0 Å². The molecule has 1 unspecified atom stereocenters. The lowest BCUT2D eigenvalue weighted by molar-refractivity contribution is 0.142. The molecule has 0 aliphatic heterocycles. The van der Waals surface area contributed by atoms with Gasteiger partial charge in [-0.1, -0.05) is 18.2 Å². The summed E-state index contributed by atoms with van der Waals surface area (Å²) in [5.41, 5.74) is 7.87. The van der Waals surface area contributed by atoms with Crippen LogP contribution < -0.4 is 5.73 Å². The molecule has 0 bridgehead atoms. The number of benzene rings is 1. The number of para-hydroxylation sites is 1. The van der Waals surface area contributed by atoms with E-state index >= 15 is 0 Å². The van der Waals surface area contributed by atoms with Crippen LogP contribution in [0.15, 0.2) is 24.3 Å². The summed E-state index contributed by atoms with van der Waals surface area (Å²) < 4.78 is 0. The zero-order valence-corrected chi connectivity index (χ0v) is 9.48. The summed E-state index contributed by atoms with van der Waals surface area (Å²) in [4.78, 5) is 2.11. The lowest BCUT2D eigenvalue weighted by Gasteiger charge is -2.18. The highest BCUT2D eigenvalue weighted by atomic mass is 16.3. The highest BCUT2D eigenvalue weighted by Gasteiger charge is 2.04. The molecule has 0 heterocycles. The van der Waals surface area contributed by atoms with Crippen molar-refractivity contribution in [1.29, 1.82) is 0 Å². The van der Waals surface area contributed by atoms with E-state index in [4.69, 9.17) is 5.73 Å². The van der Waals surface area contributed by atoms with Crippen molar-refractivity contribution in [2.24, 2.45) is 0 Å². The summed E-state index contributed by atoms with van der Waals surface area (Å²) in [7, 11) is 2.01. The summed E-state index contributed by atoms with van der Waals surface area (Å²) in [6.45, 7) is 3.42. The number of aliphatic hydroxyl groups is 1. The van der Waals surface area contributed by atoms with Crippen LogP contribution in [0.1, 0.15) is 12.5 Å². The average molecular weight is 208 g/mol. The molecule has 0 aliphatic carbocycles. The number of aliphatic hydroxyl groups excluding tert-OH is 1. The first kappa shape index (κ1) is 12.0. The van der Waals surface area contributed by atoms with Crippen molar-refractivity contribution in [3.63, 3.8) is 0 Å². The Labute approximate surface area is 91.5 Å². The highest BCUT2D eigenvalue weighted by Crippen LogP contribution is 2.11. The van der Waals surface area contributed by atoms with E-state index in [9.17, 15) is 5.11 Å². The fraction of sp³-hybridized carbons (Fsp3) is 0.500. The van der Waals surface area contributed by atoms with E-state index in [0.717, 1.165) is 18.7 Å². The van der Waals surface area contributed by atoms with Crippen LogP contribution in [-0.4, -0.2) is 36.2 Å². The second kappa shape index (κ2) is 5.73. The largest absolute Gasteiger partial charge is 0.399 e. The van der Waals surface area contributed by atoms with Crippen LogP contribution in [0.3, 0.4) is 0 Å². The maximum Gasteiger partial charge on any atom is 0.0638 e. The normalized spacial score (nSPS) is 13.1. The predicted molar refractivity (Wildman–Crippen MR) is 63.7 cm³/mol. The Morgan fingerprint density at radius 3 is 2.67 bits per heavy atom. The first-order valence-corrected chi connectivity index (χ1v) is 5.29. The Hall–Kier alpha value is -1.06. The van der Waals surface area contributed by atoms with Gasteiger partial charge in [-0.05, 0) is 32.0 Å². The van der Waals surface area contributed by atoms with Crippen molar-refractivity contribution in [2.45, 2.75) is 19.4 Å². The first-order valence-electron chi connectivity index (χ1n) is 5.29. The molecular formula is C12H20N2O. The van der Waals surface area contributed by atoms with Gasteiger partial charge in [-0.25, -0.2) is 0 Å². The van der Waals surface area contributed by atoms with Gasteiger partial charge in [0.15, 0.2) is 0 Å². The Morgan fingerprint density at radius 1 is 1.40 bits per heavy atom. The number of likely N-dealkylation sites (N-methyl/N-ethyl adjacent to an activating group) is 1. The maximum atomic E-state index is 9.21. The van der Waals surface area contributed by atoms with Crippen LogP contribution in [0.4, 0.5) is 5.69 Å². The van der Waals surface area contributed by atoms with Crippen LogP contribution in [0, 0.1) is 0 Å². The third kappa shape index (κ3) is 4.32. The van der Waals surface area contributed by atoms with Gasteiger partial charge in [-0.3, -0.25) is 0 Å². The van der Waals surface area contributed by atoms with Gasteiger partial charge in [0.2, 0.25) is 0 Å².